The number of hydrogen-bond donors (Lipinski definition) is 1. The molecule has 0 saturated carbocycles. The fraction of sp³-hybridized carbons (Fsp3) is 0.462. The molecular weight excluding hydrogens is 236 g/mol. The van der Waals surface area contributed by atoms with E-state index >= 15 is 0 Å². The Morgan fingerprint density at radius 2 is 2.00 bits per heavy atom. The Morgan fingerprint density at radius 3 is 2.56 bits per heavy atom. The number of carboxylic acid groups (broad SMARTS) is 1. The predicted molar refractivity (Wildman–Crippen MR) is 61.9 cm³/mol. The van der Waals surface area contributed by atoms with Crippen LogP contribution in [-0.2, 0) is 16.0 Å². The molecule has 1 fully saturated rings. The Balaban J connectivity index is 1.91. The van der Waals surface area contributed by atoms with Crippen molar-refractivity contribution >= 4 is 5.97 Å². The summed E-state index contributed by atoms with van der Waals surface area (Å²) in [6.07, 6.45) is 0.463. The van der Waals surface area contributed by atoms with Crippen LogP contribution < -0.4 is 9.47 Å². The Labute approximate surface area is 104 Å². The van der Waals surface area contributed by atoms with E-state index in [4.69, 9.17) is 14.2 Å². The second-order valence-electron chi connectivity index (χ2n) is 4.89. The Hall–Kier alpha value is -1.75. The fourth-order valence-electron chi connectivity index (χ4n) is 2.29. The SMILES string of the molecule is Cc1cc2c(cc1CC1(C(=O)O)COC1)OCO2. The van der Waals surface area contributed by atoms with E-state index in [0.717, 1.165) is 16.9 Å². The molecule has 0 aliphatic carbocycles. The number of carbonyl (C=O) groups is 1. The van der Waals surface area contributed by atoms with Gasteiger partial charge in [0.25, 0.3) is 0 Å². The molecule has 2 aliphatic rings. The van der Waals surface area contributed by atoms with E-state index in [9.17, 15) is 9.90 Å². The van der Waals surface area contributed by atoms with Crippen LogP contribution in [0.15, 0.2) is 12.1 Å². The van der Waals surface area contributed by atoms with Crippen molar-refractivity contribution in [1.82, 2.24) is 0 Å². The van der Waals surface area contributed by atoms with Gasteiger partial charge in [0, 0.05) is 0 Å². The van der Waals surface area contributed by atoms with Crippen molar-refractivity contribution < 1.29 is 24.1 Å². The third kappa shape index (κ3) is 1.62. The normalized spacial score (nSPS) is 19.4. The molecule has 5 nitrogen and oxygen atoms in total. The first-order chi connectivity index (χ1) is 8.61. The Bertz CT molecular complexity index is 504. The van der Waals surface area contributed by atoms with Crippen molar-refractivity contribution in [2.75, 3.05) is 20.0 Å². The zero-order valence-corrected chi connectivity index (χ0v) is 10.1. The first kappa shape index (κ1) is 11.3. The minimum Gasteiger partial charge on any atom is -0.481 e. The highest BCUT2D eigenvalue weighted by atomic mass is 16.7. The Morgan fingerprint density at radius 1 is 1.33 bits per heavy atom. The van der Waals surface area contributed by atoms with Crippen molar-refractivity contribution in [3.63, 3.8) is 0 Å². The van der Waals surface area contributed by atoms with Crippen LogP contribution in [-0.4, -0.2) is 31.1 Å². The van der Waals surface area contributed by atoms with Gasteiger partial charge in [0.05, 0.1) is 13.2 Å². The summed E-state index contributed by atoms with van der Waals surface area (Å²) >= 11 is 0. The summed E-state index contributed by atoms with van der Waals surface area (Å²) in [5, 5.41) is 9.29. The van der Waals surface area contributed by atoms with Gasteiger partial charge in [-0.3, -0.25) is 4.79 Å². The molecule has 2 heterocycles. The quantitative estimate of drug-likeness (QED) is 0.877. The highest BCUT2D eigenvalue weighted by molar-refractivity contribution is 5.76. The van der Waals surface area contributed by atoms with E-state index in [0.29, 0.717) is 12.2 Å². The van der Waals surface area contributed by atoms with Crippen molar-refractivity contribution in [3.8, 4) is 11.5 Å². The van der Waals surface area contributed by atoms with Crippen molar-refractivity contribution in [2.45, 2.75) is 13.3 Å². The van der Waals surface area contributed by atoms with Gasteiger partial charge in [0.15, 0.2) is 11.5 Å². The molecule has 3 rings (SSSR count). The summed E-state index contributed by atoms with van der Waals surface area (Å²) < 4.78 is 15.7. The third-order valence-electron chi connectivity index (χ3n) is 3.57. The molecule has 0 spiro atoms. The molecule has 5 heteroatoms. The lowest BCUT2D eigenvalue weighted by molar-refractivity contribution is -0.179. The minimum absolute atomic E-state index is 0.228. The highest BCUT2D eigenvalue weighted by Gasteiger charge is 2.46. The lowest BCUT2D eigenvalue weighted by atomic mass is 9.79. The van der Waals surface area contributed by atoms with E-state index in [1.807, 2.05) is 19.1 Å². The van der Waals surface area contributed by atoms with Crippen LogP contribution >= 0.6 is 0 Å². The van der Waals surface area contributed by atoms with Crippen LogP contribution in [0.3, 0.4) is 0 Å². The lowest BCUT2D eigenvalue weighted by Crippen LogP contribution is -2.50. The number of carboxylic acids is 1. The monoisotopic (exact) mass is 250 g/mol. The van der Waals surface area contributed by atoms with Crippen LogP contribution in [0.2, 0.25) is 0 Å². The molecule has 1 saturated heterocycles. The number of aryl methyl sites for hydroxylation is 1. The zero-order chi connectivity index (χ0) is 12.8. The molecule has 0 atom stereocenters. The maximum absolute atomic E-state index is 11.3. The lowest BCUT2D eigenvalue weighted by Gasteiger charge is -2.37. The van der Waals surface area contributed by atoms with Gasteiger partial charge >= 0.3 is 5.97 Å². The number of fused-ring (bicyclic) bond motifs is 1. The average Bonchev–Trinajstić information content (AvgIpc) is 2.69. The topological polar surface area (TPSA) is 65.0 Å². The molecule has 1 aromatic carbocycles. The molecule has 2 aliphatic heterocycles. The summed E-state index contributed by atoms with van der Waals surface area (Å²) in [4.78, 5) is 11.3. The second-order valence-corrected chi connectivity index (χ2v) is 4.89. The number of aliphatic carboxylic acids is 1. The number of hydrogen-bond acceptors (Lipinski definition) is 4. The summed E-state index contributed by atoms with van der Waals surface area (Å²) in [6, 6.07) is 3.77. The molecule has 0 bridgehead atoms. The average molecular weight is 250 g/mol. The molecule has 1 N–H and O–H groups in total. The summed E-state index contributed by atoms with van der Waals surface area (Å²) in [6.45, 7) is 2.73. The summed E-state index contributed by atoms with van der Waals surface area (Å²) in [5.41, 5.74) is 1.22. The van der Waals surface area contributed by atoms with Crippen molar-refractivity contribution in [2.24, 2.45) is 5.41 Å². The maximum Gasteiger partial charge on any atom is 0.314 e. The predicted octanol–water partition coefficient (Wildman–Crippen LogP) is 1.37. The minimum atomic E-state index is -0.800. The molecule has 0 radical (unpaired) electrons. The summed E-state index contributed by atoms with van der Waals surface area (Å²) in [5.74, 6) is 0.618. The molecule has 0 aromatic heterocycles. The van der Waals surface area contributed by atoms with Gasteiger partial charge in [-0.15, -0.1) is 0 Å². The first-order valence-corrected chi connectivity index (χ1v) is 5.81. The smallest absolute Gasteiger partial charge is 0.314 e. The van der Waals surface area contributed by atoms with Gasteiger partial charge in [-0.05, 0) is 36.6 Å². The second kappa shape index (κ2) is 3.88. The first-order valence-electron chi connectivity index (χ1n) is 5.81. The molecule has 1 aromatic rings. The molecule has 0 amide bonds. The van der Waals surface area contributed by atoms with Crippen LogP contribution in [0.4, 0.5) is 0 Å². The molecule has 0 unspecified atom stereocenters. The van der Waals surface area contributed by atoms with Gasteiger partial charge in [-0.2, -0.15) is 0 Å². The maximum atomic E-state index is 11.3. The van der Waals surface area contributed by atoms with Crippen LogP contribution in [0, 0.1) is 12.3 Å². The van der Waals surface area contributed by atoms with E-state index in [1.54, 1.807) is 0 Å². The van der Waals surface area contributed by atoms with Crippen LogP contribution in [0.5, 0.6) is 11.5 Å². The summed E-state index contributed by atoms with van der Waals surface area (Å²) in [7, 11) is 0. The fourth-order valence-corrected chi connectivity index (χ4v) is 2.29. The van der Waals surface area contributed by atoms with Gasteiger partial charge < -0.3 is 19.3 Å². The van der Waals surface area contributed by atoms with Gasteiger partial charge in [-0.1, -0.05) is 0 Å². The standard InChI is InChI=1S/C13H14O5/c1-8-2-10-11(18-7-17-10)3-9(8)4-13(12(14)15)5-16-6-13/h2-3H,4-7H2,1H3,(H,14,15). The van der Waals surface area contributed by atoms with E-state index in [1.165, 1.54) is 0 Å². The zero-order valence-electron chi connectivity index (χ0n) is 10.1. The van der Waals surface area contributed by atoms with E-state index < -0.39 is 11.4 Å². The van der Waals surface area contributed by atoms with Gasteiger partial charge in [0.1, 0.15) is 5.41 Å². The van der Waals surface area contributed by atoms with Crippen LogP contribution in [0.25, 0.3) is 0 Å². The number of benzene rings is 1. The van der Waals surface area contributed by atoms with E-state index in [-0.39, 0.29) is 20.0 Å². The van der Waals surface area contributed by atoms with Gasteiger partial charge in [0.2, 0.25) is 6.79 Å². The Kier molecular flexibility index (Phi) is 2.45. The van der Waals surface area contributed by atoms with E-state index in [2.05, 4.69) is 0 Å². The van der Waals surface area contributed by atoms with Crippen molar-refractivity contribution in [3.05, 3.63) is 23.3 Å². The number of rotatable bonds is 3. The molecule has 18 heavy (non-hydrogen) atoms. The number of ether oxygens (including phenoxy) is 3. The third-order valence-corrected chi connectivity index (χ3v) is 3.57. The van der Waals surface area contributed by atoms with Crippen LogP contribution in [0.1, 0.15) is 11.1 Å². The van der Waals surface area contributed by atoms with Crippen molar-refractivity contribution in [1.29, 1.82) is 0 Å². The largest absolute Gasteiger partial charge is 0.481 e. The molecule has 96 valence electrons. The highest BCUT2D eigenvalue weighted by Crippen LogP contribution is 2.39. The van der Waals surface area contributed by atoms with Gasteiger partial charge in [-0.25, -0.2) is 0 Å². The molecular formula is C13H14O5.